The van der Waals surface area contributed by atoms with Crippen LogP contribution in [0.2, 0.25) is 0 Å². The summed E-state index contributed by atoms with van der Waals surface area (Å²) in [7, 11) is 0. The topological polar surface area (TPSA) is 201 Å². The molecule has 2 aromatic heterocycles. The van der Waals surface area contributed by atoms with Crippen LogP contribution in [-0.2, 0) is 9.59 Å². The van der Waals surface area contributed by atoms with Gasteiger partial charge in [-0.05, 0) is 96.0 Å². The third-order valence-electron chi connectivity index (χ3n) is 8.63. The minimum absolute atomic E-state index is 0.332. The highest BCUT2D eigenvalue weighted by atomic mass is 16.2. The summed E-state index contributed by atoms with van der Waals surface area (Å²) in [5.74, 6) is 0.0821. The predicted octanol–water partition coefficient (Wildman–Crippen LogP) is 4.94. The number of amides is 1. The fourth-order valence-corrected chi connectivity index (χ4v) is 5.55. The SMILES string of the molecule is CCCC(CCC=NN=C(C(C)=O)C(=O)Nc1ccc2[nH]c(=O)[nH]c2c1C)=Nc1nc(NCCCN(CC)CC)nc(NCCCN(CC)CC)n1. The zero-order chi connectivity index (χ0) is 37.9. The number of benzene rings is 1. The molecule has 16 heteroatoms. The molecule has 16 nitrogen and oxygen atoms in total. The highest BCUT2D eigenvalue weighted by Crippen LogP contribution is 2.22. The van der Waals surface area contributed by atoms with Crippen LogP contribution in [0.15, 0.2) is 32.1 Å². The molecule has 0 aliphatic heterocycles. The highest BCUT2D eigenvalue weighted by Gasteiger charge is 2.19. The quantitative estimate of drug-likeness (QED) is 0.0365. The van der Waals surface area contributed by atoms with Crippen molar-refractivity contribution in [3.8, 4) is 0 Å². The number of nitrogens with zero attached hydrogens (tertiary/aromatic N) is 8. The summed E-state index contributed by atoms with van der Waals surface area (Å²) in [5.41, 5.74) is 2.49. The van der Waals surface area contributed by atoms with Crippen molar-refractivity contribution in [3.05, 3.63) is 28.2 Å². The first-order valence-electron chi connectivity index (χ1n) is 18.5. The van der Waals surface area contributed by atoms with Crippen molar-refractivity contribution in [2.75, 3.05) is 68.3 Å². The Bertz CT molecular complexity index is 1700. The zero-order valence-corrected chi connectivity index (χ0v) is 31.9. The van der Waals surface area contributed by atoms with Gasteiger partial charge >= 0.3 is 5.69 Å². The van der Waals surface area contributed by atoms with Crippen LogP contribution >= 0.6 is 0 Å². The molecule has 284 valence electrons. The Morgan fingerprint density at radius 1 is 0.865 bits per heavy atom. The number of imidazole rings is 1. The third kappa shape index (κ3) is 13.4. The van der Waals surface area contributed by atoms with Gasteiger partial charge in [-0.15, -0.1) is 5.10 Å². The van der Waals surface area contributed by atoms with Gasteiger partial charge in [0, 0.05) is 37.6 Å². The Morgan fingerprint density at radius 3 is 2.04 bits per heavy atom. The maximum Gasteiger partial charge on any atom is 0.323 e. The number of carbonyl (C=O) groups excluding carboxylic acids is 2. The minimum Gasteiger partial charge on any atom is -0.354 e. The summed E-state index contributed by atoms with van der Waals surface area (Å²) in [5, 5.41) is 17.4. The lowest BCUT2D eigenvalue weighted by atomic mass is 10.1. The molecule has 3 aromatic rings. The summed E-state index contributed by atoms with van der Waals surface area (Å²) in [6.07, 6.45) is 6.13. The second-order valence-electron chi connectivity index (χ2n) is 12.4. The van der Waals surface area contributed by atoms with Gasteiger partial charge in [0.25, 0.3) is 11.9 Å². The van der Waals surface area contributed by atoms with Crippen molar-refractivity contribution in [2.45, 2.75) is 87.0 Å². The maximum atomic E-state index is 13.0. The first kappa shape index (κ1) is 41.6. The first-order chi connectivity index (χ1) is 25.1. The number of aromatic amines is 2. The second-order valence-corrected chi connectivity index (χ2v) is 12.4. The summed E-state index contributed by atoms with van der Waals surface area (Å²) in [4.78, 5) is 65.8. The van der Waals surface area contributed by atoms with Crippen molar-refractivity contribution in [1.82, 2.24) is 34.7 Å². The zero-order valence-electron chi connectivity index (χ0n) is 31.9. The lowest BCUT2D eigenvalue weighted by Crippen LogP contribution is -2.28. The molecule has 52 heavy (non-hydrogen) atoms. The van der Waals surface area contributed by atoms with E-state index in [9.17, 15) is 14.4 Å². The summed E-state index contributed by atoms with van der Waals surface area (Å²) >= 11 is 0. The molecule has 0 atom stereocenters. The fourth-order valence-electron chi connectivity index (χ4n) is 5.55. The number of aromatic nitrogens is 5. The van der Waals surface area contributed by atoms with Gasteiger partial charge in [0.15, 0.2) is 11.5 Å². The molecule has 0 radical (unpaired) electrons. The van der Waals surface area contributed by atoms with E-state index in [1.807, 2.05) is 0 Å². The van der Waals surface area contributed by atoms with E-state index < -0.39 is 11.7 Å². The number of aliphatic imine (C=N–C) groups is 1. The van der Waals surface area contributed by atoms with Crippen molar-refractivity contribution in [3.63, 3.8) is 0 Å². The van der Waals surface area contributed by atoms with E-state index in [0.29, 0.717) is 53.0 Å². The molecule has 3 rings (SSSR count). The van der Waals surface area contributed by atoms with Crippen LogP contribution in [0, 0.1) is 6.92 Å². The monoisotopic (exact) mass is 719 g/mol. The second kappa shape index (κ2) is 22.2. The van der Waals surface area contributed by atoms with Crippen LogP contribution in [-0.4, -0.2) is 116 Å². The molecule has 1 amide bonds. The first-order valence-corrected chi connectivity index (χ1v) is 18.5. The molecule has 0 saturated heterocycles. The molecule has 0 bridgehead atoms. The Kier molecular flexibility index (Phi) is 17.7. The smallest absolute Gasteiger partial charge is 0.323 e. The molecule has 0 unspecified atom stereocenters. The van der Waals surface area contributed by atoms with Crippen LogP contribution in [0.5, 0.6) is 0 Å². The van der Waals surface area contributed by atoms with E-state index in [-0.39, 0.29) is 11.4 Å². The Morgan fingerprint density at radius 2 is 1.48 bits per heavy atom. The number of Topliss-reactive ketones (excluding diaryl/α,β-unsaturated/α-hetero) is 1. The number of rotatable bonds is 24. The number of hydrogen-bond donors (Lipinski definition) is 5. The van der Waals surface area contributed by atoms with Crippen LogP contribution < -0.4 is 21.6 Å². The summed E-state index contributed by atoms with van der Waals surface area (Å²) in [6.45, 7) is 21.3. The van der Waals surface area contributed by atoms with Crippen molar-refractivity contribution in [2.24, 2.45) is 15.2 Å². The largest absolute Gasteiger partial charge is 0.354 e. The lowest BCUT2D eigenvalue weighted by Gasteiger charge is -2.18. The summed E-state index contributed by atoms with van der Waals surface area (Å²) < 4.78 is 0. The van der Waals surface area contributed by atoms with Crippen molar-refractivity contribution >= 4 is 63.9 Å². The minimum atomic E-state index is -0.692. The molecule has 0 spiro atoms. The molecule has 0 aliphatic rings. The predicted molar refractivity (Wildman–Crippen MR) is 212 cm³/mol. The van der Waals surface area contributed by atoms with E-state index in [4.69, 9.17) is 4.99 Å². The molecular weight excluding hydrogens is 662 g/mol. The van der Waals surface area contributed by atoms with Gasteiger partial charge in [0.2, 0.25) is 11.9 Å². The van der Waals surface area contributed by atoms with Gasteiger partial charge in [-0.3, -0.25) is 9.59 Å². The van der Waals surface area contributed by atoms with Crippen molar-refractivity contribution in [1.29, 1.82) is 0 Å². The van der Waals surface area contributed by atoms with Gasteiger partial charge in [-0.1, -0.05) is 41.0 Å². The standard InChI is InChI=1S/C36H57N13O3/c1-8-16-27(17-13-22-39-47-31(26(7)50)32(51)41-28-18-19-29-30(25(28)6)43-36(52)42-29)40-35-45-33(37-20-14-23-48(9-2)10-3)44-34(46-35)38-21-15-24-49(11-4)12-5/h18-19,22H,8-17,20-21,23-24H2,1-7H3,(H,41,51)(H2,42,43,52)(H2,37,38,44,45,46). The average molecular weight is 720 g/mol. The Labute approximate surface area is 306 Å². The van der Waals surface area contributed by atoms with Crippen LogP contribution in [0.3, 0.4) is 0 Å². The number of H-pyrrole nitrogens is 2. The van der Waals surface area contributed by atoms with Crippen LogP contribution in [0.4, 0.5) is 23.5 Å². The molecule has 0 aliphatic carbocycles. The van der Waals surface area contributed by atoms with Crippen LogP contribution in [0.1, 0.15) is 85.6 Å². The Balaban J connectivity index is 1.70. The van der Waals surface area contributed by atoms with Gasteiger partial charge in [-0.25, -0.2) is 9.79 Å². The van der Waals surface area contributed by atoms with E-state index >= 15 is 0 Å². The number of nitrogens with one attached hydrogen (secondary N) is 5. The molecule has 1 aromatic carbocycles. The van der Waals surface area contributed by atoms with Gasteiger partial charge in [-0.2, -0.15) is 20.1 Å². The molecular formula is C36H57N13O3. The van der Waals surface area contributed by atoms with Crippen molar-refractivity contribution < 1.29 is 9.59 Å². The average Bonchev–Trinajstić information content (AvgIpc) is 3.52. The molecule has 5 N–H and O–H groups in total. The number of hydrogen-bond acceptors (Lipinski definition) is 13. The van der Waals surface area contributed by atoms with Gasteiger partial charge in [0.05, 0.1) is 11.0 Å². The number of fused-ring (bicyclic) bond motifs is 1. The van der Waals surface area contributed by atoms with E-state index in [0.717, 1.165) is 83.8 Å². The highest BCUT2D eigenvalue weighted by molar-refractivity contribution is 6.67. The maximum absolute atomic E-state index is 13.0. The van der Waals surface area contributed by atoms with E-state index in [2.05, 4.69) is 95.5 Å². The normalized spacial score (nSPS) is 12.4. The third-order valence-corrected chi connectivity index (χ3v) is 8.63. The fraction of sp³-hybridized carbons (Fsp3) is 0.583. The molecule has 2 heterocycles. The van der Waals surface area contributed by atoms with Gasteiger partial charge < -0.3 is 35.7 Å². The summed E-state index contributed by atoms with van der Waals surface area (Å²) in [6, 6.07) is 3.32. The van der Waals surface area contributed by atoms with Gasteiger partial charge in [0.1, 0.15) is 0 Å². The Hall–Kier alpha value is -4.83. The number of aryl methyl sites for hydroxylation is 1. The molecule has 0 fully saturated rings. The molecule has 0 saturated carbocycles. The van der Waals surface area contributed by atoms with E-state index in [1.54, 1.807) is 25.3 Å². The number of ketones is 1. The van der Waals surface area contributed by atoms with Crippen LogP contribution in [0.25, 0.3) is 11.0 Å². The number of carbonyl (C=O) groups is 2. The lowest BCUT2D eigenvalue weighted by molar-refractivity contribution is -0.114. The van der Waals surface area contributed by atoms with E-state index in [1.165, 1.54) is 6.92 Å². The number of anilines is 3.